The van der Waals surface area contributed by atoms with Crippen molar-refractivity contribution < 1.29 is 26.3 Å². The predicted octanol–water partition coefficient (Wildman–Crippen LogP) is -0.792. The number of nitrogens with zero attached hydrogens (tertiary/aromatic N) is 1. The molecule has 1 heterocycles. The maximum Gasteiger partial charge on any atom is 0.183 e. The number of aromatic nitrogens is 1. The second-order valence-electron chi connectivity index (χ2n) is 4.07. The van der Waals surface area contributed by atoms with Crippen LogP contribution in [0.4, 0.5) is 0 Å². The smallest absolute Gasteiger partial charge is 0.183 e. The lowest BCUT2D eigenvalue weighted by Gasteiger charge is -2.16. The number of rotatable bonds is 2. The summed E-state index contributed by atoms with van der Waals surface area (Å²) in [6.45, 7) is 1.70. The Kier molecular flexibility index (Phi) is 4.87. The molecule has 1 unspecified atom stereocenters. The molecule has 0 amide bonds. The van der Waals surface area contributed by atoms with Crippen molar-refractivity contribution in [3.8, 4) is 0 Å². The van der Waals surface area contributed by atoms with Gasteiger partial charge < -0.3 is 17.0 Å². The van der Waals surface area contributed by atoms with Gasteiger partial charge in [-0.2, -0.15) is 4.57 Å². The first-order valence-electron chi connectivity index (χ1n) is 5.43. The first kappa shape index (κ1) is 13.1. The lowest BCUT2D eigenvalue weighted by atomic mass is 9.89. The van der Waals surface area contributed by atoms with Gasteiger partial charge >= 0.3 is 0 Å². The number of hydrogen-bond donors (Lipinski definition) is 0. The highest BCUT2D eigenvalue weighted by Crippen LogP contribution is 2.24. The molecule has 86 valence electrons. The number of Topliss-reactive ketones (excluding diaryl/α,β-unsaturated/α-hetero) is 1. The summed E-state index contributed by atoms with van der Waals surface area (Å²) < 4.78 is 2.11. The Hall–Kier alpha value is -0.960. The van der Waals surface area contributed by atoms with Gasteiger partial charge in [0.15, 0.2) is 18.1 Å². The van der Waals surface area contributed by atoms with E-state index in [-0.39, 0.29) is 22.9 Å². The fourth-order valence-corrected chi connectivity index (χ4v) is 2.04. The zero-order valence-corrected chi connectivity index (χ0v) is 11.0. The van der Waals surface area contributed by atoms with Gasteiger partial charge in [-0.15, -0.1) is 0 Å². The summed E-state index contributed by atoms with van der Waals surface area (Å²) in [6.07, 6.45) is 9.21. The van der Waals surface area contributed by atoms with Crippen LogP contribution in [0.15, 0.2) is 36.7 Å². The molecule has 0 spiro atoms. The Morgan fingerprint density at radius 1 is 1.31 bits per heavy atom. The summed E-state index contributed by atoms with van der Waals surface area (Å²) >= 11 is 0. The molecule has 0 saturated heterocycles. The molecule has 2 rings (SSSR count). The van der Waals surface area contributed by atoms with E-state index in [1.54, 1.807) is 6.92 Å². The minimum absolute atomic E-state index is 0. The van der Waals surface area contributed by atoms with Crippen LogP contribution >= 0.6 is 0 Å². The highest BCUT2D eigenvalue weighted by molar-refractivity contribution is 5.79. The van der Waals surface area contributed by atoms with Crippen molar-refractivity contribution in [2.75, 3.05) is 0 Å². The Morgan fingerprint density at radius 3 is 2.62 bits per heavy atom. The van der Waals surface area contributed by atoms with Gasteiger partial charge in [-0.05, 0) is 25.8 Å². The maximum absolute atomic E-state index is 11.3. The second kappa shape index (κ2) is 5.94. The Labute approximate surface area is 107 Å². The van der Waals surface area contributed by atoms with Crippen molar-refractivity contribution in [1.82, 2.24) is 0 Å². The molecule has 1 aliphatic carbocycles. The zero-order valence-electron chi connectivity index (χ0n) is 9.40. The third-order valence-corrected chi connectivity index (χ3v) is 2.97. The highest BCUT2D eigenvalue weighted by Gasteiger charge is 2.24. The lowest BCUT2D eigenvalue weighted by Crippen LogP contribution is -3.00. The lowest BCUT2D eigenvalue weighted by molar-refractivity contribution is -0.584. The van der Waals surface area contributed by atoms with E-state index in [1.165, 1.54) is 5.70 Å². The Morgan fingerprint density at radius 2 is 2.00 bits per heavy atom. The van der Waals surface area contributed by atoms with Crippen LogP contribution in [0.5, 0.6) is 0 Å². The molecule has 0 aromatic carbocycles. The molecule has 1 aromatic heterocycles. The summed E-state index contributed by atoms with van der Waals surface area (Å²) in [7, 11) is 0. The molecule has 1 aromatic rings. The topological polar surface area (TPSA) is 20.9 Å². The molecule has 0 saturated carbocycles. The maximum atomic E-state index is 11.3. The van der Waals surface area contributed by atoms with Crippen molar-refractivity contribution in [3.63, 3.8) is 0 Å². The van der Waals surface area contributed by atoms with Crippen LogP contribution < -0.4 is 21.5 Å². The van der Waals surface area contributed by atoms with Crippen molar-refractivity contribution in [1.29, 1.82) is 0 Å². The van der Waals surface area contributed by atoms with Crippen molar-refractivity contribution in [3.05, 3.63) is 36.7 Å². The number of carbonyl (C=O) groups is 1. The number of pyridine rings is 1. The Bertz CT molecular complexity index is 386. The van der Waals surface area contributed by atoms with E-state index in [4.69, 9.17) is 0 Å². The van der Waals surface area contributed by atoms with Crippen LogP contribution in [0.25, 0.3) is 5.70 Å². The van der Waals surface area contributed by atoms with Crippen molar-refractivity contribution >= 4 is 11.5 Å². The number of allylic oxidation sites excluding steroid dienone is 2. The van der Waals surface area contributed by atoms with E-state index < -0.39 is 0 Å². The zero-order chi connectivity index (χ0) is 10.7. The monoisotopic (exact) mass is 281 g/mol. The van der Waals surface area contributed by atoms with E-state index in [0.29, 0.717) is 5.78 Å². The molecule has 0 radical (unpaired) electrons. The molecular weight excluding hydrogens is 266 g/mol. The summed E-state index contributed by atoms with van der Waals surface area (Å²) in [5.74, 6) is 0.537. The van der Waals surface area contributed by atoms with E-state index in [0.717, 1.165) is 19.3 Å². The van der Waals surface area contributed by atoms with Crippen LogP contribution in [0.3, 0.4) is 0 Å². The van der Waals surface area contributed by atoms with E-state index in [2.05, 4.69) is 10.6 Å². The van der Waals surface area contributed by atoms with Crippen molar-refractivity contribution in [2.45, 2.75) is 26.2 Å². The number of carbonyl (C=O) groups excluding carboxylic acids is 1. The van der Waals surface area contributed by atoms with Gasteiger partial charge in [-0.3, -0.25) is 4.79 Å². The van der Waals surface area contributed by atoms with Gasteiger partial charge in [0.05, 0.1) is 0 Å². The highest BCUT2D eigenvalue weighted by atomic mass is 79.9. The third kappa shape index (κ3) is 3.01. The van der Waals surface area contributed by atoms with E-state index in [1.807, 2.05) is 30.6 Å². The first-order chi connectivity index (χ1) is 7.27. The molecule has 0 bridgehead atoms. The second-order valence-corrected chi connectivity index (χ2v) is 4.07. The minimum Gasteiger partial charge on any atom is -1.00 e. The molecule has 16 heavy (non-hydrogen) atoms. The van der Waals surface area contributed by atoms with Crippen LogP contribution in [-0.2, 0) is 4.79 Å². The largest absolute Gasteiger partial charge is 1.00 e. The fourth-order valence-electron chi connectivity index (χ4n) is 2.04. The van der Waals surface area contributed by atoms with Crippen LogP contribution in [-0.4, -0.2) is 5.78 Å². The molecule has 0 aliphatic heterocycles. The van der Waals surface area contributed by atoms with Crippen molar-refractivity contribution in [2.24, 2.45) is 5.92 Å². The SMILES string of the molecule is CC(=O)C1CCC=C([n+]2ccccc2)C1.[Br-]. The average molecular weight is 282 g/mol. The molecule has 1 atom stereocenters. The minimum atomic E-state index is 0. The molecule has 3 heteroatoms. The molecule has 1 aliphatic rings. The number of hydrogen-bond acceptors (Lipinski definition) is 1. The van der Waals surface area contributed by atoms with Gasteiger partial charge in [-0.1, -0.05) is 6.07 Å². The number of ketones is 1. The van der Waals surface area contributed by atoms with E-state index in [9.17, 15) is 4.79 Å². The summed E-state index contributed by atoms with van der Waals surface area (Å²) in [5, 5.41) is 0. The number of halogens is 1. The molecule has 0 fully saturated rings. The quantitative estimate of drug-likeness (QED) is 0.651. The predicted molar refractivity (Wildman–Crippen MR) is 58.9 cm³/mol. The summed E-state index contributed by atoms with van der Waals surface area (Å²) in [5.41, 5.74) is 1.25. The normalized spacial score (nSPS) is 19.6. The van der Waals surface area contributed by atoms with Gasteiger partial charge in [0.25, 0.3) is 0 Å². The first-order valence-corrected chi connectivity index (χ1v) is 5.43. The van der Waals surface area contributed by atoms with Gasteiger partial charge in [-0.25, -0.2) is 0 Å². The standard InChI is InChI=1S/C13H16NO.BrH/c1-11(15)12-6-5-7-13(10-12)14-8-3-2-4-9-14;/h2-4,7-9,12H,5-6,10H2,1H3;1H/q+1;/p-1. The molecule has 2 nitrogen and oxygen atoms in total. The van der Waals surface area contributed by atoms with E-state index >= 15 is 0 Å². The summed E-state index contributed by atoms with van der Waals surface area (Å²) in [6, 6.07) is 6.03. The molecule has 0 N–H and O–H groups in total. The Balaban J connectivity index is 0.00000128. The van der Waals surface area contributed by atoms with Crippen LogP contribution in [0.2, 0.25) is 0 Å². The van der Waals surface area contributed by atoms with Gasteiger partial charge in [0, 0.05) is 24.5 Å². The summed E-state index contributed by atoms with van der Waals surface area (Å²) in [4.78, 5) is 11.3. The van der Waals surface area contributed by atoms with Crippen LogP contribution in [0, 0.1) is 5.92 Å². The fraction of sp³-hybridized carbons (Fsp3) is 0.385. The van der Waals surface area contributed by atoms with Gasteiger partial charge in [0.1, 0.15) is 5.78 Å². The average Bonchev–Trinajstić information content (AvgIpc) is 2.30. The van der Waals surface area contributed by atoms with Gasteiger partial charge in [0.2, 0.25) is 0 Å². The molecular formula is C13H16BrNO. The third-order valence-electron chi connectivity index (χ3n) is 2.97. The van der Waals surface area contributed by atoms with Crippen LogP contribution in [0.1, 0.15) is 26.2 Å².